The van der Waals surface area contributed by atoms with Crippen molar-refractivity contribution in [3.05, 3.63) is 59.4 Å². The molecule has 0 heterocycles. The first kappa shape index (κ1) is 13.9. The summed E-state index contributed by atoms with van der Waals surface area (Å²) >= 11 is 7.35. The van der Waals surface area contributed by atoms with E-state index in [1.165, 1.54) is 36.0 Å². The summed E-state index contributed by atoms with van der Waals surface area (Å²) in [5.74, 6) is -0.235. The molecule has 2 nitrogen and oxygen atoms in total. The molecular weight excluding hydrogens is 285 g/mol. The van der Waals surface area contributed by atoms with E-state index in [1.807, 2.05) is 18.2 Å². The molecule has 19 heavy (non-hydrogen) atoms. The summed E-state index contributed by atoms with van der Waals surface area (Å²) in [6.45, 7) is 0. The Morgan fingerprint density at radius 1 is 1.16 bits per heavy atom. The first-order valence-corrected chi connectivity index (χ1v) is 6.94. The molecule has 2 aromatic rings. The number of amides is 1. The normalized spacial score (nSPS) is 10.2. The summed E-state index contributed by atoms with van der Waals surface area (Å²) < 4.78 is 12.7. The molecule has 0 aliphatic carbocycles. The Balaban J connectivity index is 1.88. The van der Waals surface area contributed by atoms with E-state index >= 15 is 0 Å². The minimum Gasteiger partial charge on any atom is -0.325 e. The quantitative estimate of drug-likeness (QED) is 0.856. The van der Waals surface area contributed by atoms with Crippen LogP contribution in [0.15, 0.2) is 53.4 Å². The lowest BCUT2D eigenvalue weighted by Gasteiger charge is -2.06. The third-order valence-corrected chi connectivity index (χ3v) is 3.84. The van der Waals surface area contributed by atoms with E-state index in [0.717, 1.165) is 4.90 Å². The molecule has 0 unspecified atom stereocenters. The van der Waals surface area contributed by atoms with Crippen LogP contribution in [0.5, 0.6) is 0 Å². The van der Waals surface area contributed by atoms with Gasteiger partial charge in [-0.25, -0.2) is 4.39 Å². The standard InChI is InChI=1S/C14H11ClFNOS/c15-12-3-1-2-4-13(12)19-9-14(18)17-11-7-5-10(16)6-8-11/h1-8H,9H2,(H,17,18). The molecule has 1 N–H and O–H groups in total. The molecule has 0 saturated carbocycles. The lowest BCUT2D eigenvalue weighted by atomic mass is 10.3. The minimum absolute atomic E-state index is 0.156. The molecule has 0 aliphatic rings. The number of halogens is 2. The third-order valence-electron chi connectivity index (χ3n) is 2.32. The van der Waals surface area contributed by atoms with E-state index in [9.17, 15) is 9.18 Å². The summed E-state index contributed by atoms with van der Waals surface area (Å²) in [7, 11) is 0. The number of carbonyl (C=O) groups is 1. The van der Waals surface area contributed by atoms with E-state index in [1.54, 1.807) is 6.07 Å². The van der Waals surface area contributed by atoms with Crippen molar-refractivity contribution >= 4 is 35.0 Å². The van der Waals surface area contributed by atoms with Crippen LogP contribution in [0.1, 0.15) is 0 Å². The van der Waals surface area contributed by atoms with Crippen LogP contribution in [-0.2, 0) is 4.79 Å². The molecular formula is C14H11ClFNOS. The maximum absolute atomic E-state index is 12.7. The first-order valence-electron chi connectivity index (χ1n) is 5.58. The Bertz CT molecular complexity index is 574. The van der Waals surface area contributed by atoms with Gasteiger partial charge in [0.25, 0.3) is 0 Å². The largest absolute Gasteiger partial charge is 0.325 e. The van der Waals surface area contributed by atoms with Crippen molar-refractivity contribution in [2.45, 2.75) is 4.90 Å². The first-order chi connectivity index (χ1) is 9.15. The van der Waals surface area contributed by atoms with Crippen LogP contribution in [0.25, 0.3) is 0 Å². The molecule has 0 aromatic heterocycles. The van der Waals surface area contributed by atoms with E-state index in [2.05, 4.69) is 5.32 Å². The maximum Gasteiger partial charge on any atom is 0.234 e. The van der Waals surface area contributed by atoms with Crippen LogP contribution in [0.2, 0.25) is 5.02 Å². The van der Waals surface area contributed by atoms with E-state index < -0.39 is 0 Å². The van der Waals surface area contributed by atoms with Gasteiger partial charge >= 0.3 is 0 Å². The number of benzene rings is 2. The molecule has 0 bridgehead atoms. The number of rotatable bonds is 4. The summed E-state index contributed by atoms with van der Waals surface area (Å²) in [4.78, 5) is 12.6. The van der Waals surface area contributed by atoms with Gasteiger partial charge in [0.2, 0.25) is 5.91 Å². The van der Waals surface area contributed by atoms with Crippen molar-refractivity contribution < 1.29 is 9.18 Å². The molecule has 0 aliphatic heterocycles. The van der Waals surface area contributed by atoms with Crippen molar-refractivity contribution in [3.8, 4) is 0 Å². The molecule has 98 valence electrons. The van der Waals surface area contributed by atoms with E-state index in [0.29, 0.717) is 10.7 Å². The highest BCUT2D eigenvalue weighted by Gasteiger charge is 2.05. The topological polar surface area (TPSA) is 29.1 Å². The fourth-order valence-electron chi connectivity index (χ4n) is 1.44. The Kier molecular flexibility index (Phi) is 4.82. The zero-order valence-electron chi connectivity index (χ0n) is 9.90. The van der Waals surface area contributed by atoms with Gasteiger partial charge in [0.15, 0.2) is 0 Å². The van der Waals surface area contributed by atoms with Gasteiger partial charge in [-0.05, 0) is 36.4 Å². The second-order valence-corrected chi connectivity index (χ2v) is 5.20. The van der Waals surface area contributed by atoms with Gasteiger partial charge in [0.05, 0.1) is 10.8 Å². The second-order valence-electron chi connectivity index (χ2n) is 3.77. The molecule has 2 aromatic carbocycles. The average molecular weight is 296 g/mol. The minimum atomic E-state index is -0.330. The number of carbonyl (C=O) groups excluding carboxylic acids is 1. The van der Waals surface area contributed by atoms with Gasteiger partial charge in [-0.3, -0.25) is 4.79 Å². The van der Waals surface area contributed by atoms with Gasteiger partial charge in [-0.1, -0.05) is 23.7 Å². The highest BCUT2D eigenvalue weighted by atomic mass is 35.5. The number of hydrogen-bond donors (Lipinski definition) is 1. The Morgan fingerprint density at radius 2 is 1.84 bits per heavy atom. The molecule has 0 radical (unpaired) electrons. The van der Waals surface area contributed by atoms with Gasteiger partial charge in [0, 0.05) is 10.6 Å². The van der Waals surface area contributed by atoms with Gasteiger partial charge in [0.1, 0.15) is 5.82 Å². The molecule has 0 fully saturated rings. The van der Waals surface area contributed by atoms with Gasteiger partial charge < -0.3 is 5.32 Å². The van der Waals surface area contributed by atoms with Crippen molar-refractivity contribution in [1.82, 2.24) is 0 Å². The van der Waals surface area contributed by atoms with Gasteiger partial charge in [-0.15, -0.1) is 11.8 Å². The fraction of sp³-hybridized carbons (Fsp3) is 0.0714. The lowest BCUT2D eigenvalue weighted by Crippen LogP contribution is -2.13. The average Bonchev–Trinajstić information content (AvgIpc) is 2.40. The highest BCUT2D eigenvalue weighted by Crippen LogP contribution is 2.26. The van der Waals surface area contributed by atoms with Crippen molar-refractivity contribution in [3.63, 3.8) is 0 Å². The number of hydrogen-bond acceptors (Lipinski definition) is 2. The van der Waals surface area contributed by atoms with Crippen LogP contribution in [-0.4, -0.2) is 11.7 Å². The third kappa shape index (κ3) is 4.26. The number of nitrogens with one attached hydrogen (secondary N) is 1. The maximum atomic E-state index is 12.7. The van der Waals surface area contributed by atoms with Gasteiger partial charge in [-0.2, -0.15) is 0 Å². The lowest BCUT2D eigenvalue weighted by molar-refractivity contribution is -0.113. The zero-order valence-corrected chi connectivity index (χ0v) is 11.5. The molecule has 5 heteroatoms. The zero-order chi connectivity index (χ0) is 13.7. The highest BCUT2D eigenvalue weighted by molar-refractivity contribution is 8.00. The summed E-state index contributed by atoms with van der Waals surface area (Å²) in [5.41, 5.74) is 0.575. The van der Waals surface area contributed by atoms with Crippen molar-refractivity contribution in [2.75, 3.05) is 11.1 Å². The molecule has 0 spiro atoms. The summed E-state index contributed by atoms with van der Waals surface area (Å²) in [5, 5.41) is 3.32. The Hall–Kier alpha value is -1.52. The smallest absolute Gasteiger partial charge is 0.234 e. The summed E-state index contributed by atoms with van der Waals surface area (Å²) in [6, 6.07) is 13.0. The Morgan fingerprint density at radius 3 is 2.53 bits per heavy atom. The fourth-order valence-corrected chi connectivity index (χ4v) is 2.47. The monoisotopic (exact) mass is 295 g/mol. The van der Waals surface area contributed by atoms with Crippen LogP contribution in [0.3, 0.4) is 0 Å². The number of anilines is 1. The van der Waals surface area contributed by atoms with Crippen LogP contribution in [0, 0.1) is 5.82 Å². The molecule has 0 saturated heterocycles. The van der Waals surface area contributed by atoms with Crippen molar-refractivity contribution in [1.29, 1.82) is 0 Å². The summed E-state index contributed by atoms with van der Waals surface area (Å²) in [6.07, 6.45) is 0. The molecule has 1 amide bonds. The molecule has 2 rings (SSSR count). The predicted molar refractivity (Wildman–Crippen MR) is 77.2 cm³/mol. The van der Waals surface area contributed by atoms with Crippen LogP contribution >= 0.6 is 23.4 Å². The van der Waals surface area contributed by atoms with Crippen LogP contribution in [0.4, 0.5) is 10.1 Å². The van der Waals surface area contributed by atoms with Crippen LogP contribution < -0.4 is 5.32 Å². The van der Waals surface area contributed by atoms with E-state index in [4.69, 9.17) is 11.6 Å². The number of thioether (sulfide) groups is 1. The Labute approximate surface area is 120 Å². The SMILES string of the molecule is O=C(CSc1ccccc1Cl)Nc1ccc(F)cc1. The second kappa shape index (κ2) is 6.59. The predicted octanol–water partition coefficient (Wildman–Crippen LogP) is 4.21. The molecule has 0 atom stereocenters. The van der Waals surface area contributed by atoms with Crippen molar-refractivity contribution in [2.24, 2.45) is 0 Å². The van der Waals surface area contributed by atoms with E-state index in [-0.39, 0.29) is 17.5 Å².